The number of rotatable bonds is 17. The fraction of sp³-hybridized carbons (Fsp3) is 0.357. The first-order chi connectivity index (χ1) is 40.6. The summed E-state index contributed by atoms with van der Waals surface area (Å²) in [7, 11) is 4.65. The maximum absolute atomic E-state index is 14.4. The highest BCUT2D eigenvalue weighted by atomic mass is 32.1. The first-order valence-electron chi connectivity index (χ1n) is 26.4. The van der Waals surface area contributed by atoms with Gasteiger partial charge in [-0.2, -0.15) is 0 Å². The van der Waals surface area contributed by atoms with Crippen LogP contribution in [-0.4, -0.2) is 130 Å². The summed E-state index contributed by atoms with van der Waals surface area (Å²) < 4.78 is 21.4. The van der Waals surface area contributed by atoms with E-state index in [0.717, 1.165) is 4.88 Å². The molecule has 1 aromatic carbocycles. The second-order valence-electron chi connectivity index (χ2n) is 19.3. The number of aromatic nitrogens is 7. The van der Waals surface area contributed by atoms with Gasteiger partial charge in [0, 0.05) is 65.6 Å². The van der Waals surface area contributed by atoms with Crippen molar-refractivity contribution < 1.29 is 48.0 Å². The molecule has 6 N–H and O–H groups in total. The number of carbonyl (C=O) groups excluding carboxylic acids is 5. The van der Waals surface area contributed by atoms with Gasteiger partial charge in [0.25, 0.3) is 11.8 Å². The topological polar surface area (TPSA) is 293 Å². The summed E-state index contributed by atoms with van der Waals surface area (Å²) in [5.74, 6) is -2.15. The molecule has 0 radical (unpaired) electrons. The monoisotopic (exact) mass is 1250 g/mol. The average molecular weight is 1250 g/mol. The lowest BCUT2D eigenvalue weighted by molar-refractivity contribution is -0.122. The van der Waals surface area contributed by atoms with Crippen molar-refractivity contribution in [2.45, 2.75) is 64.3 Å². The van der Waals surface area contributed by atoms with Crippen LogP contribution in [0.15, 0.2) is 70.6 Å². The highest BCUT2D eigenvalue weighted by Crippen LogP contribution is 2.41. The van der Waals surface area contributed by atoms with Crippen molar-refractivity contribution in [1.29, 1.82) is 0 Å². The summed E-state index contributed by atoms with van der Waals surface area (Å²) >= 11 is 7.63. The Balaban J connectivity index is 1.09. The maximum Gasteiger partial charge on any atom is 0.271 e. The van der Waals surface area contributed by atoms with E-state index < -0.39 is 35.9 Å². The van der Waals surface area contributed by atoms with Crippen LogP contribution >= 0.6 is 68.0 Å². The van der Waals surface area contributed by atoms with Gasteiger partial charge in [0.05, 0.1) is 73.3 Å². The third kappa shape index (κ3) is 15.1. The van der Waals surface area contributed by atoms with E-state index in [1.807, 2.05) is 31.4 Å². The van der Waals surface area contributed by atoms with Crippen molar-refractivity contribution >= 4 is 109 Å². The van der Waals surface area contributed by atoms with Gasteiger partial charge in [-0.15, -0.1) is 68.0 Å². The number of methoxy groups -OCH3 is 2. The minimum absolute atomic E-state index is 0.0491. The van der Waals surface area contributed by atoms with Gasteiger partial charge in [-0.1, -0.05) is 50.8 Å². The molecule has 7 aromatic heterocycles. The first-order valence-corrected chi connectivity index (χ1v) is 31.5. The Morgan fingerprint density at radius 1 is 0.726 bits per heavy atom. The highest BCUT2D eigenvalue weighted by Gasteiger charge is 2.32. The Morgan fingerprint density at radius 3 is 2.21 bits per heavy atom. The van der Waals surface area contributed by atoms with Crippen LogP contribution in [0.2, 0.25) is 0 Å². The van der Waals surface area contributed by atoms with Gasteiger partial charge < -0.3 is 50.6 Å². The molecule has 4 atom stereocenters. The molecule has 0 aliphatic carbocycles. The molecule has 28 heteroatoms. The largest absolute Gasteiger partial charge is 0.386 e. The molecule has 0 saturated carbocycles. The van der Waals surface area contributed by atoms with Crippen LogP contribution < -0.4 is 26.6 Å². The Labute approximate surface area is 507 Å². The molecule has 0 unspecified atom stereocenters. The van der Waals surface area contributed by atoms with E-state index in [9.17, 15) is 29.1 Å². The third-order valence-corrected chi connectivity index (χ3v) is 18.8. The number of carbonyl (C=O) groups is 5. The minimum atomic E-state index is -1.20. The normalized spacial score (nSPS) is 16.4. The van der Waals surface area contributed by atoms with Crippen LogP contribution in [-0.2, 0) is 39.9 Å². The van der Waals surface area contributed by atoms with E-state index in [1.165, 1.54) is 75.1 Å². The molecule has 0 fully saturated rings. The number of nitrogens with one attached hydrogen (secondary N) is 5. The lowest BCUT2D eigenvalue weighted by Crippen LogP contribution is -2.38. The number of aliphatic hydroxyl groups excluding tert-OH is 1. The fourth-order valence-corrected chi connectivity index (χ4v) is 14.3. The lowest BCUT2D eigenvalue weighted by atomic mass is 9.90. The predicted molar refractivity (Wildman–Crippen MR) is 325 cm³/mol. The molecular formula is C56H60N12O10S6. The second-order valence-corrected chi connectivity index (χ2v) is 25.1. The van der Waals surface area contributed by atoms with E-state index >= 15 is 0 Å². The molecule has 1 aliphatic heterocycles. The summed E-state index contributed by atoms with van der Waals surface area (Å²) in [6.07, 6.45) is -1.33. The van der Waals surface area contributed by atoms with Crippen molar-refractivity contribution in [2.75, 3.05) is 66.2 Å². The molecule has 4 amide bonds. The van der Waals surface area contributed by atoms with Gasteiger partial charge in [-0.05, 0) is 30.5 Å². The van der Waals surface area contributed by atoms with Gasteiger partial charge in [0.2, 0.25) is 11.8 Å². The summed E-state index contributed by atoms with van der Waals surface area (Å²) in [4.78, 5) is 104. The third-order valence-electron chi connectivity index (χ3n) is 13.0. The summed E-state index contributed by atoms with van der Waals surface area (Å²) in [6.45, 7) is 11.2. The number of hydrogen-bond donors (Lipinski definition) is 6. The molecule has 440 valence electrons. The SMILES string of the molecule is C=C1NCC(=O)N[C@@H]([C@@H](O)c2ccccc2)c2nc(cs2)-c2nc(cs2)-c2nc(-c3nc(NC(=O)COCCOCCOC)cs3)ccc2-c2nc(cs2)C(=O)N[C@@H](CC(=O)NC)c2nc(c(C)s2)C(=O)C[C@H](C(C)C)c2nc1c(COC)s2. The average Bonchev–Trinajstić information content (AvgIpc) is 3.96. The fourth-order valence-electron chi connectivity index (χ4n) is 8.69. The molecule has 8 aromatic rings. The minimum Gasteiger partial charge on any atom is -0.386 e. The van der Waals surface area contributed by atoms with E-state index in [1.54, 1.807) is 67.6 Å². The molecule has 10 bridgehead atoms. The zero-order valence-corrected chi connectivity index (χ0v) is 51.4. The van der Waals surface area contributed by atoms with Crippen LogP contribution in [0.5, 0.6) is 0 Å². The number of ether oxygens (including phenoxy) is 4. The Bertz CT molecular complexity index is 3630. The quantitative estimate of drug-likeness (QED) is 0.0465. The first kappa shape index (κ1) is 61.6. The van der Waals surface area contributed by atoms with Gasteiger partial charge in [-0.3, -0.25) is 24.0 Å². The number of aliphatic hydroxyl groups is 1. The van der Waals surface area contributed by atoms with Crippen molar-refractivity contribution in [3.63, 3.8) is 0 Å². The predicted octanol–water partition coefficient (Wildman–Crippen LogP) is 8.65. The van der Waals surface area contributed by atoms with E-state index in [2.05, 4.69) is 38.1 Å². The standard InChI is InChI=1S/C56H60N12O10S6/c1-28(2)33-19-39(69)46-30(4)83-55(68-46)35(20-42(70)57-5)60-50(74)37-25-79-51(62-37)32-13-14-34(53-65-41(27-82-53)64-44(72)23-78-18-17-77-16-15-75-6)59-47(32)36-24-80-54(61-36)38-26-81-56(63-38)48(49(73)31-11-9-8-10-12-31)66-43(71)21-58-29(3)45-40(22-76-7)84-52(33)67-45/h8-14,24-28,33,35,48-49,58,73H,3,15-23H2,1-2,4-7H3,(H,57,70)(H,60,74)(H,64,72)(H,66,71)/t33-,35+,48+,49+/m1/s1. The lowest BCUT2D eigenvalue weighted by Gasteiger charge is -2.23. The zero-order valence-electron chi connectivity index (χ0n) is 46.5. The van der Waals surface area contributed by atoms with E-state index in [4.69, 9.17) is 48.9 Å². The summed E-state index contributed by atoms with van der Waals surface area (Å²) in [5.41, 5.74) is 3.99. The molecular weight excluding hydrogens is 1190 g/mol. The number of anilines is 1. The molecule has 22 nitrogen and oxygen atoms in total. The number of pyridine rings is 1. The van der Waals surface area contributed by atoms with Gasteiger partial charge in [0.1, 0.15) is 83.8 Å². The van der Waals surface area contributed by atoms with Crippen molar-refractivity contribution in [1.82, 2.24) is 56.2 Å². The van der Waals surface area contributed by atoms with Crippen molar-refractivity contribution in [3.05, 3.63) is 118 Å². The Kier molecular flexibility index (Phi) is 21.1. The van der Waals surface area contributed by atoms with Gasteiger partial charge in [0.15, 0.2) is 5.78 Å². The summed E-state index contributed by atoms with van der Waals surface area (Å²) in [6, 6.07) is 10.6. The van der Waals surface area contributed by atoms with Crippen LogP contribution in [0.1, 0.15) is 108 Å². The van der Waals surface area contributed by atoms with Crippen LogP contribution in [0.25, 0.3) is 49.1 Å². The molecule has 1 aliphatic rings. The molecule has 0 saturated heterocycles. The number of amides is 4. The van der Waals surface area contributed by atoms with Crippen molar-refractivity contribution in [3.8, 4) is 43.4 Å². The number of Topliss-reactive ketones (excluding diaryl/α,β-unsaturated/α-hetero) is 1. The number of nitrogens with zero attached hydrogens (tertiary/aromatic N) is 7. The maximum atomic E-state index is 14.4. The zero-order chi connectivity index (χ0) is 59.4. The second kappa shape index (κ2) is 28.7. The molecule has 84 heavy (non-hydrogen) atoms. The van der Waals surface area contributed by atoms with Gasteiger partial charge in [-0.25, -0.2) is 34.9 Å². The smallest absolute Gasteiger partial charge is 0.271 e. The number of benzene rings is 1. The van der Waals surface area contributed by atoms with Crippen molar-refractivity contribution in [2.24, 2.45) is 5.92 Å². The Hall–Kier alpha value is -6.96. The number of aryl methyl sites for hydroxylation is 1. The van der Waals surface area contributed by atoms with E-state index in [-0.39, 0.29) is 74.1 Å². The van der Waals surface area contributed by atoms with Crippen LogP contribution in [0, 0.1) is 12.8 Å². The Morgan fingerprint density at radius 2 is 1.44 bits per heavy atom. The summed E-state index contributed by atoms with van der Waals surface area (Å²) in [5, 5.41) is 36.3. The van der Waals surface area contributed by atoms with Crippen LogP contribution in [0.3, 0.4) is 0 Å². The number of thiazole rings is 6. The number of hydrogen-bond acceptors (Lipinski definition) is 24. The molecule has 0 spiro atoms. The molecule has 9 rings (SSSR count). The van der Waals surface area contributed by atoms with Crippen LogP contribution in [0.4, 0.5) is 5.82 Å². The van der Waals surface area contributed by atoms with E-state index in [0.29, 0.717) is 106 Å². The number of fused-ring (bicyclic) bond motifs is 14. The molecule has 8 heterocycles. The highest BCUT2D eigenvalue weighted by molar-refractivity contribution is 7.15. The van der Waals surface area contributed by atoms with Gasteiger partial charge >= 0.3 is 0 Å². The number of ketones is 1.